The first kappa shape index (κ1) is 21.2. The topological polar surface area (TPSA) is 90.7 Å². The van der Waals surface area contributed by atoms with Gasteiger partial charge >= 0.3 is 0 Å². The van der Waals surface area contributed by atoms with Crippen molar-refractivity contribution in [2.45, 2.75) is 45.4 Å². The molecule has 0 fully saturated rings. The number of rotatable bonds is 8. The SMILES string of the molecule is CCC[C@@H]1CCc2c(sc(NC(=O)Cc3ccc(OC)c(OC)c3)c2C(N)=O)C1. The zero-order chi connectivity index (χ0) is 21.0. The minimum Gasteiger partial charge on any atom is -0.493 e. The maximum Gasteiger partial charge on any atom is 0.251 e. The average molecular weight is 417 g/mol. The Hall–Kier alpha value is -2.54. The van der Waals surface area contributed by atoms with Crippen LogP contribution in [0.15, 0.2) is 18.2 Å². The number of nitrogens with two attached hydrogens (primary N) is 1. The number of fused-ring (bicyclic) bond motifs is 1. The third-order valence-corrected chi connectivity index (χ3v) is 6.55. The Labute approximate surface area is 175 Å². The summed E-state index contributed by atoms with van der Waals surface area (Å²) in [5, 5.41) is 3.49. The van der Waals surface area contributed by atoms with Crippen LogP contribution in [-0.4, -0.2) is 26.0 Å². The van der Waals surface area contributed by atoms with Gasteiger partial charge < -0.3 is 20.5 Å². The van der Waals surface area contributed by atoms with E-state index in [1.807, 2.05) is 6.07 Å². The summed E-state index contributed by atoms with van der Waals surface area (Å²) in [5.74, 6) is 1.16. The highest BCUT2D eigenvalue weighted by Crippen LogP contribution is 2.40. The van der Waals surface area contributed by atoms with Gasteiger partial charge in [-0.05, 0) is 48.4 Å². The van der Waals surface area contributed by atoms with E-state index in [1.54, 1.807) is 26.4 Å². The summed E-state index contributed by atoms with van der Waals surface area (Å²) in [6.45, 7) is 2.19. The molecule has 2 amide bonds. The molecule has 1 heterocycles. The Morgan fingerprint density at radius 2 is 2.00 bits per heavy atom. The van der Waals surface area contributed by atoms with Crippen LogP contribution >= 0.6 is 11.3 Å². The van der Waals surface area contributed by atoms with Crippen molar-refractivity contribution in [3.05, 3.63) is 39.8 Å². The molecule has 2 aromatic rings. The molecule has 7 heteroatoms. The van der Waals surface area contributed by atoms with Crippen molar-refractivity contribution >= 4 is 28.2 Å². The number of carbonyl (C=O) groups is 2. The number of nitrogens with one attached hydrogen (secondary N) is 1. The molecule has 0 radical (unpaired) electrons. The number of carbonyl (C=O) groups excluding carboxylic acids is 2. The molecule has 1 aliphatic carbocycles. The van der Waals surface area contributed by atoms with Crippen LogP contribution < -0.4 is 20.5 Å². The molecule has 1 aromatic heterocycles. The minimum atomic E-state index is -0.474. The number of benzene rings is 1. The normalized spacial score (nSPS) is 15.5. The molecule has 3 rings (SSSR count). The quantitative estimate of drug-likeness (QED) is 0.682. The first-order chi connectivity index (χ1) is 14.0. The second-order valence-electron chi connectivity index (χ2n) is 7.38. The number of hydrogen-bond acceptors (Lipinski definition) is 5. The number of primary amides is 1. The fraction of sp³-hybridized carbons (Fsp3) is 0.455. The molecule has 0 saturated carbocycles. The Morgan fingerprint density at radius 3 is 2.66 bits per heavy atom. The summed E-state index contributed by atoms with van der Waals surface area (Å²) in [7, 11) is 3.13. The number of ether oxygens (including phenoxy) is 2. The van der Waals surface area contributed by atoms with Crippen molar-refractivity contribution in [1.82, 2.24) is 0 Å². The predicted octanol–water partition coefficient (Wildman–Crippen LogP) is 3.95. The van der Waals surface area contributed by atoms with E-state index in [0.29, 0.717) is 28.0 Å². The molecule has 0 spiro atoms. The molecule has 0 saturated heterocycles. The molecule has 3 N–H and O–H groups in total. The van der Waals surface area contributed by atoms with Crippen molar-refractivity contribution < 1.29 is 19.1 Å². The first-order valence-electron chi connectivity index (χ1n) is 9.91. The number of thiophene rings is 1. The summed E-state index contributed by atoms with van der Waals surface area (Å²) in [5.41, 5.74) is 7.97. The monoisotopic (exact) mass is 416 g/mol. The van der Waals surface area contributed by atoms with Gasteiger partial charge in [-0.2, -0.15) is 0 Å². The largest absolute Gasteiger partial charge is 0.493 e. The molecule has 0 aliphatic heterocycles. The zero-order valence-corrected chi connectivity index (χ0v) is 18.0. The standard InChI is InChI=1S/C22H28N2O4S/c1-4-5-13-6-8-15-18(11-13)29-22(20(15)21(23)26)24-19(25)12-14-7-9-16(27-2)17(10-14)28-3/h7,9-10,13H,4-6,8,11-12H2,1-3H3,(H2,23,26)(H,24,25)/t13-/m1/s1. The van der Waals surface area contributed by atoms with Gasteiger partial charge in [-0.25, -0.2) is 0 Å². The summed E-state index contributed by atoms with van der Waals surface area (Å²) >= 11 is 1.50. The van der Waals surface area contributed by atoms with Crippen molar-refractivity contribution in [2.75, 3.05) is 19.5 Å². The third-order valence-electron chi connectivity index (χ3n) is 5.38. The minimum absolute atomic E-state index is 0.166. The maximum atomic E-state index is 12.7. The number of hydrogen-bond donors (Lipinski definition) is 2. The molecular weight excluding hydrogens is 388 g/mol. The number of amides is 2. The van der Waals surface area contributed by atoms with Crippen LogP contribution in [0.25, 0.3) is 0 Å². The van der Waals surface area contributed by atoms with Crippen LogP contribution in [0.2, 0.25) is 0 Å². The Balaban J connectivity index is 1.77. The molecule has 0 bridgehead atoms. The van der Waals surface area contributed by atoms with Gasteiger partial charge in [-0.1, -0.05) is 25.8 Å². The molecule has 1 aliphatic rings. The van der Waals surface area contributed by atoms with E-state index in [1.165, 1.54) is 22.6 Å². The van der Waals surface area contributed by atoms with Crippen LogP contribution in [0.5, 0.6) is 11.5 Å². The van der Waals surface area contributed by atoms with E-state index < -0.39 is 5.91 Å². The van der Waals surface area contributed by atoms with Gasteiger partial charge in [0.25, 0.3) is 5.91 Å². The lowest BCUT2D eigenvalue weighted by atomic mass is 9.84. The second-order valence-corrected chi connectivity index (χ2v) is 8.49. The Morgan fingerprint density at radius 1 is 1.24 bits per heavy atom. The predicted molar refractivity (Wildman–Crippen MR) is 115 cm³/mol. The Kier molecular flexibility index (Phi) is 6.79. The first-order valence-corrected chi connectivity index (χ1v) is 10.7. The summed E-state index contributed by atoms with van der Waals surface area (Å²) in [4.78, 5) is 26.0. The highest BCUT2D eigenvalue weighted by molar-refractivity contribution is 7.17. The lowest BCUT2D eigenvalue weighted by molar-refractivity contribution is -0.115. The Bertz CT molecular complexity index is 906. The number of anilines is 1. The van der Waals surface area contributed by atoms with E-state index >= 15 is 0 Å². The second kappa shape index (κ2) is 9.31. The van der Waals surface area contributed by atoms with Crippen molar-refractivity contribution in [1.29, 1.82) is 0 Å². The lowest BCUT2D eigenvalue weighted by Gasteiger charge is -2.21. The molecule has 29 heavy (non-hydrogen) atoms. The molecule has 6 nitrogen and oxygen atoms in total. The molecule has 1 aromatic carbocycles. The maximum absolute atomic E-state index is 12.7. The third kappa shape index (κ3) is 4.72. The van der Waals surface area contributed by atoms with Gasteiger partial charge in [0.1, 0.15) is 5.00 Å². The van der Waals surface area contributed by atoms with Crippen molar-refractivity contribution in [3.8, 4) is 11.5 Å². The fourth-order valence-corrected chi connectivity index (χ4v) is 5.39. The van der Waals surface area contributed by atoms with Crippen LogP contribution in [0, 0.1) is 5.92 Å². The number of methoxy groups -OCH3 is 2. The molecular formula is C22H28N2O4S. The van der Waals surface area contributed by atoms with E-state index in [2.05, 4.69) is 12.2 Å². The van der Waals surface area contributed by atoms with Gasteiger partial charge in [0, 0.05) is 4.88 Å². The highest BCUT2D eigenvalue weighted by atomic mass is 32.1. The zero-order valence-electron chi connectivity index (χ0n) is 17.2. The highest BCUT2D eigenvalue weighted by Gasteiger charge is 2.28. The van der Waals surface area contributed by atoms with Gasteiger partial charge in [0.05, 0.1) is 26.2 Å². The smallest absolute Gasteiger partial charge is 0.251 e. The molecule has 1 atom stereocenters. The molecule has 156 valence electrons. The average Bonchev–Trinajstić information content (AvgIpc) is 3.05. The van der Waals surface area contributed by atoms with Crippen LogP contribution in [0.1, 0.15) is 52.5 Å². The summed E-state index contributed by atoms with van der Waals surface area (Å²) in [6, 6.07) is 5.38. The summed E-state index contributed by atoms with van der Waals surface area (Å²) in [6.07, 6.45) is 5.38. The van der Waals surface area contributed by atoms with Gasteiger partial charge in [-0.3, -0.25) is 9.59 Å². The summed E-state index contributed by atoms with van der Waals surface area (Å²) < 4.78 is 10.5. The van der Waals surface area contributed by atoms with E-state index in [9.17, 15) is 9.59 Å². The van der Waals surface area contributed by atoms with Gasteiger partial charge in [-0.15, -0.1) is 11.3 Å². The van der Waals surface area contributed by atoms with E-state index in [4.69, 9.17) is 15.2 Å². The van der Waals surface area contributed by atoms with Gasteiger partial charge in [0.15, 0.2) is 11.5 Å². The van der Waals surface area contributed by atoms with Crippen LogP contribution in [0.4, 0.5) is 5.00 Å². The fourth-order valence-electron chi connectivity index (χ4n) is 4.00. The van der Waals surface area contributed by atoms with Crippen LogP contribution in [-0.2, 0) is 24.1 Å². The van der Waals surface area contributed by atoms with Crippen LogP contribution in [0.3, 0.4) is 0 Å². The lowest BCUT2D eigenvalue weighted by Crippen LogP contribution is -2.20. The van der Waals surface area contributed by atoms with E-state index in [0.717, 1.165) is 36.8 Å². The van der Waals surface area contributed by atoms with E-state index in [-0.39, 0.29) is 12.3 Å². The van der Waals surface area contributed by atoms with Crippen molar-refractivity contribution in [2.24, 2.45) is 11.7 Å². The van der Waals surface area contributed by atoms with Crippen molar-refractivity contribution in [3.63, 3.8) is 0 Å². The van der Waals surface area contributed by atoms with Gasteiger partial charge in [0.2, 0.25) is 5.91 Å². The molecule has 0 unspecified atom stereocenters.